The van der Waals surface area contributed by atoms with Gasteiger partial charge in [-0.1, -0.05) is 44.0 Å². The lowest BCUT2D eigenvalue weighted by Gasteiger charge is -2.16. The van der Waals surface area contributed by atoms with Crippen LogP contribution in [0.15, 0.2) is 33.2 Å². The Bertz CT molecular complexity index is 680. The van der Waals surface area contributed by atoms with E-state index in [1.807, 2.05) is 6.92 Å². The summed E-state index contributed by atoms with van der Waals surface area (Å²) < 4.78 is 14.2. The summed E-state index contributed by atoms with van der Waals surface area (Å²) in [5.41, 5.74) is 9.18. The van der Waals surface area contributed by atoms with Gasteiger partial charge in [0.25, 0.3) is 0 Å². The van der Waals surface area contributed by atoms with Gasteiger partial charge in [0.15, 0.2) is 6.17 Å². The zero-order chi connectivity index (χ0) is 18.4. The third kappa shape index (κ3) is 4.65. The topological polar surface area (TPSA) is 75.1 Å². The smallest absolute Gasteiger partial charge is 0.225 e. The summed E-state index contributed by atoms with van der Waals surface area (Å²) in [5.74, 6) is 0.884. The van der Waals surface area contributed by atoms with Crippen molar-refractivity contribution in [2.24, 2.45) is 26.6 Å². The number of guanidine groups is 1. The zero-order valence-electron chi connectivity index (χ0n) is 15.5. The first-order valence-corrected chi connectivity index (χ1v) is 8.79. The fourth-order valence-corrected chi connectivity index (χ4v) is 3.22. The molecular formula is C19H28FN5. The molecule has 0 saturated heterocycles. The highest BCUT2D eigenvalue weighted by Gasteiger charge is 2.29. The predicted molar refractivity (Wildman–Crippen MR) is 103 cm³/mol. The second-order valence-electron chi connectivity index (χ2n) is 6.55. The highest BCUT2D eigenvalue weighted by molar-refractivity contribution is 6.03. The van der Waals surface area contributed by atoms with Gasteiger partial charge in [0.2, 0.25) is 5.96 Å². The Morgan fingerprint density at radius 3 is 2.88 bits per heavy atom. The summed E-state index contributed by atoms with van der Waals surface area (Å²) in [7, 11) is 1.56. The summed E-state index contributed by atoms with van der Waals surface area (Å²) in [4.78, 5) is 12.8. The van der Waals surface area contributed by atoms with E-state index in [9.17, 15) is 4.39 Å². The molecule has 0 bridgehead atoms. The molecule has 0 saturated carbocycles. The molecule has 3 N–H and O–H groups in total. The lowest BCUT2D eigenvalue weighted by Crippen LogP contribution is -2.37. The van der Waals surface area contributed by atoms with E-state index in [-0.39, 0.29) is 11.9 Å². The van der Waals surface area contributed by atoms with Crippen LogP contribution in [-0.4, -0.2) is 31.4 Å². The minimum absolute atomic E-state index is 0.0246. The Morgan fingerprint density at radius 2 is 2.24 bits per heavy atom. The van der Waals surface area contributed by atoms with Gasteiger partial charge < -0.3 is 11.1 Å². The summed E-state index contributed by atoms with van der Waals surface area (Å²) in [6.45, 7) is 6.17. The summed E-state index contributed by atoms with van der Waals surface area (Å²) in [5, 5.41) is 2.93. The predicted octanol–water partition coefficient (Wildman–Crippen LogP) is 3.33. The van der Waals surface area contributed by atoms with E-state index in [4.69, 9.17) is 10.7 Å². The molecule has 1 aromatic rings. The largest absolute Gasteiger partial charge is 0.390 e. The number of rotatable bonds is 4. The molecule has 0 spiro atoms. The normalized spacial score (nSPS) is 22.3. The molecule has 0 aliphatic heterocycles. The highest BCUT2D eigenvalue weighted by Crippen LogP contribution is 2.39. The number of benzene rings is 1. The molecule has 0 amide bonds. The number of aryl methyl sites for hydroxylation is 1. The average Bonchev–Trinajstić information content (AvgIpc) is 2.88. The summed E-state index contributed by atoms with van der Waals surface area (Å²) in [6.07, 6.45) is 2.12. The maximum Gasteiger partial charge on any atom is 0.225 e. The maximum absolute atomic E-state index is 14.2. The van der Waals surface area contributed by atoms with Crippen molar-refractivity contribution >= 4 is 18.1 Å². The van der Waals surface area contributed by atoms with E-state index in [1.54, 1.807) is 7.05 Å². The maximum atomic E-state index is 14.2. The van der Waals surface area contributed by atoms with Gasteiger partial charge in [-0.3, -0.25) is 4.99 Å². The number of nitrogens with two attached hydrogens (primary N) is 1. The van der Waals surface area contributed by atoms with E-state index in [0.717, 1.165) is 12.8 Å². The Kier molecular flexibility index (Phi) is 6.67. The molecule has 136 valence electrons. The Balaban J connectivity index is 2.30. The van der Waals surface area contributed by atoms with Crippen molar-refractivity contribution in [3.8, 4) is 0 Å². The number of alkyl halides is 1. The van der Waals surface area contributed by atoms with Crippen LogP contribution in [0.1, 0.15) is 49.4 Å². The van der Waals surface area contributed by atoms with Crippen LogP contribution in [0.25, 0.3) is 0 Å². The van der Waals surface area contributed by atoms with Crippen molar-refractivity contribution in [3.63, 3.8) is 0 Å². The number of nitrogens with zero attached hydrogens (tertiary/aromatic N) is 3. The molecule has 3 unspecified atom stereocenters. The lowest BCUT2D eigenvalue weighted by molar-refractivity contribution is 0.393. The number of halogens is 1. The zero-order valence-corrected chi connectivity index (χ0v) is 15.5. The van der Waals surface area contributed by atoms with Crippen molar-refractivity contribution in [2.75, 3.05) is 7.05 Å². The first-order chi connectivity index (χ1) is 12.0. The molecule has 25 heavy (non-hydrogen) atoms. The second-order valence-corrected chi connectivity index (χ2v) is 6.55. The minimum atomic E-state index is -1.16. The molecule has 0 heterocycles. The van der Waals surface area contributed by atoms with Gasteiger partial charge in [-0.2, -0.15) is 0 Å². The molecule has 3 atom stereocenters. The molecule has 1 aliphatic carbocycles. The monoisotopic (exact) mass is 345 g/mol. The van der Waals surface area contributed by atoms with E-state index in [0.29, 0.717) is 18.3 Å². The fourth-order valence-electron chi connectivity index (χ4n) is 3.22. The molecular weight excluding hydrogens is 317 g/mol. The number of fused-ring (bicyclic) bond motifs is 1. The summed E-state index contributed by atoms with van der Waals surface area (Å²) in [6, 6.07) is 6.42. The fraction of sp³-hybridized carbons (Fsp3) is 0.526. The first-order valence-electron chi connectivity index (χ1n) is 8.79. The van der Waals surface area contributed by atoms with E-state index < -0.39 is 6.17 Å². The van der Waals surface area contributed by atoms with Gasteiger partial charge in [0, 0.05) is 7.05 Å². The van der Waals surface area contributed by atoms with E-state index in [1.165, 1.54) is 23.0 Å². The van der Waals surface area contributed by atoms with Crippen LogP contribution >= 0.6 is 0 Å². The van der Waals surface area contributed by atoms with Crippen molar-refractivity contribution in [1.29, 1.82) is 0 Å². The third-order valence-corrected chi connectivity index (χ3v) is 4.48. The molecule has 0 radical (unpaired) electrons. The van der Waals surface area contributed by atoms with Crippen molar-refractivity contribution in [3.05, 3.63) is 34.9 Å². The van der Waals surface area contributed by atoms with Crippen molar-refractivity contribution in [2.45, 2.75) is 52.2 Å². The van der Waals surface area contributed by atoms with Gasteiger partial charge >= 0.3 is 0 Å². The Labute approximate surface area is 149 Å². The Hall–Kier alpha value is -2.24. The van der Waals surface area contributed by atoms with Crippen LogP contribution in [-0.2, 0) is 6.42 Å². The quantitative estimate of drug-likeness (QED) is 0.649. The first kappa shape index (κ1) is 19.1. The minimum Gasteiger partial charge on any atom is -0.390 e. The number of hydrogen-bond donors (Lipinski definition) is 2. The second kappa shape index (κ2) is 8.74. The number of hydrogen-bond acceptors (Lipinski definition) is 2. The van der Waals surface area contributed by atoms with Crippen molar-refractivity contribution in [1.82, 2.24) is 5.32 Å². The standard InChI is InChI=1S/C19H28FN5/c1-5-6-16(20)18(22-4)25-19(23-11-21)24-17-13(3)10-14-8-7-12(2)9-15(14)17/h7-9,11,13,16-17H,5-6,10H2,1-4H3,(H3,21,22,23,24,25). The van der Waals surface area contributed by atoms with E-state index in [2.05, 4.69) is 47.3 Å². The van der Waals surface area contributed by atoms with Gasteiger partial charge in [-0.25, -0.2) is 14.4 Å². The van der Waals surface area contributed by atoms with E-state index >= 15 is 0 Å². The molecule has 6 heteroatoms. The Morgan fingerprint density at radius 1 is 1.48 bits per heavy atom. The van der Waals surface area contributed by atoms with Gasteiger partial charge in [-0.15, -0.1) is 0 Å². The van der Waals surface area contributed by atoms with Crippen LogP contribution in [0.4, 0.5) is 4.39 Å². The van der Waals surface area contributed by atoms with Crippen LogP contribution in [0, 0.1) is 12.8 Å². The highest BCUT2D eigenvalue weighted by atomic mass is 19.1. The molecule has 2 rings (SSSR count). The van der Waals surface area contributed by atoms with Gasteiger partial charge in [-0.05, 0) is 36.8 Å². The molecule has 1 aromatic carbocycles. The van der Waals surface area contributed by atoms with Crippen LogP contribution in [0.3, 0.4) is 0 Å². The van der Waals surface area contributed by atoms with Crippen LogP contribution in [0.2, 0.25) is 0 Å². The SMILES string of the molecule is CCCC(F)C(=NC)NC(=NC1c2cc(C)ccc2CC1C)/N=C/N. The average molecular weight is 345 g/mol. The third-order valence-electron chi connectivity index (χ3n) is 4.48. The van der Waals surface area contributed by atoms with Gasteiger partial charge in [0.05, 0.1) is 12.4 Å². The lowest BCUT2D eigenvalue weighted by atomic mass is 10.0. The number of amidine groups is 1. The number of nitrogens with one attached hydrogen (secondary N) is 1. The molecule has 5 nitrogen and oxygen atoms in total. The van der Waals surface area contributed by atoms with Crippen LogP contribution in [0.5, 0.6) is 0 Å². The molecule has 0 aromatic heterocycles. The van der Waals surface area contributed by atoms with Crippen LogP contribution < -0.4 is 11.1 Å². The number of aliphatic imine (C=N–C) groups is 3. The van der Waals surface area contributed by atoms with Gasteiger partial charge in [0.1, 0.15) is 5.84 Å². The molecule has 0 fully saturated rings. The molecule has 1 aliphatic rings. The summed E-state index contributed by atoms with van der Waals surface area (Å²) >= 11 is 0. The van der Waals surface area contributed by atoms with Crippen molar-refractivity contribution < 1.29 is 4.39 Å².